The zero-order valence-corrected chi connectivity index (χ0v) is 11.0. The van der Waals surface area contributed by atoms with Crippen LogP contribution in [0.4, 0.5) is 8.78 Å². The number of para-hydroxylation sites is 1. The van der Waals surface area contributed by atoms with Crippen LogP contribution in [0.5, 0.6) is 5.75 Å². The number of carbonyl (C=O) groups excluding carboxylic acids is 1. The summed E-state index contributed by atoms with van der Waals surface area (Å²) < 4.78 is 33.9. The molecule has 0 fully saturated rings. The highest BCUT2D eigenvalue weighted by atomic mass is 19.3. The first-order valence-electron chi connectivity index (χ1n) is 6.00. The lowest BCUT2D eigenvalue weighted by molar-refractivity contribution is -0.0499. The van der Waals surface area contributed by atoms with E-state index in [0.29, 0.717) is 11.3 Å². The van der Waals surface area contributed by atoms with Gasteiger partial charge in [-0.1, -0.05) is 12.1 Å². The average molecular weight is 294 g/mol. The third-order valence-corrected chi connectivity index (χ3v) is 2.56. The van der Waals surface area contributed by atoms with Gasteiger partial charge in [-0.2, -0.15) is 13.9 Å². The van der Waals surface area contributed by atoms with Crippen LogP contribution in [0.3, 0.4) is 0 Å². The van der Waals surface area contributed by atoms with Crippen molar-refractivity contribution in [1.29, 1.82) is 0 Å². The minimum Gasteiger partial charge on any atom is -0.459 e. The second-order valence-electron chi connectivity index (χ2n) is 3.99. The van der Waals surface area contributed by atoms with E-state index in [1.54, 1.807) is 31.2 Å². The maximum atomic E-state index is 12.3. The second kappa shape index (κ2) is 6.65. The van der Waals surface area contributed by atoms with Crippen LogP contribution in [0.1, 0.15) is 23.0 Å². The Labute approximate surface area is 119 Å². The molecule has 5 nitrogen and oxygen atoms in total. The van der Waals surface area contributed by atoms with E-state index in [-0.39, 0.29) is 11.5 Å². The van der Waals surface area contributed by atoms with E-state index in [1.807, 2.05) is 0 Å². The highest BCUT2D eigenvalue weighted by molar-refractivity contribution is 6.02. The summed E-state index contributed by atoms with van der Waals surface area (Å²) in [4.78, 5) is 11.6. The molecule has 0 aliphatic rings. The molecule has 2 rings (SSSR count). The number of nitrogens with one attached hydrogen (secondary N) is 1. The molecule has 0 atom stereocenters. The Morgan fingerprint density at radius 1 is 1.29 bits per heavy atom. The lowest BCUT2D eigenvalue weighted by Crippen LogP contribution is -2.19. The van der Waals surface area contributed by atoms with Gasteiger partial charge in [0.05, 0.1) is 12.0 Å². The standard InChI is InChI=1S/C14H12F2N2O3/c1-9(17-18-13(19)12-7-4-8-20-12)10-5-2-3-6-11(10)21-14(15)16/h2-8,14H,1H3,(H,18,19)/b17-9+. The van der Waals surface area contributed by atoms with Crippen LogP contribution < -0.4 is 10.2 Å². The maximum absolute atomic E-state index is 12.3. The van der Waals surface area contributed by atoms with E-state index < -0.39 is 12.5 Å². The van der Waals surface area contributed by atoms with E-state index >= 15 is 0 Å². The molecule has 0 unspecified atom stereocenters. The van der Waals surface area contributed by atoms with E-state index in [0.717, 1.165) is 0 Å². The summed E-state index contributed by atoms with van der Waals surface area (Å²) >= 11 is 0. The molecule has 0 radical (unpaired) electrons. The Kier molecular flexibility index (Phi) is 4.65. The van der Waals surface area contributed by atoms with Gasteiger partial charge in [-0.15, -0.1) is 0 Å². The van der Waals surface area contributed by atoms with Crippen LogP contribution in [0.2, 0.25) is 0 Å². The highest BCUT2D eigenvalue weighted by Gasteiger charge is 2.12. The number of hydrogen-bond donors (Lipinski definition) is 1. The predicted molar refractivity (Wildman–Crippen MR) is 71.5 cm³/mol. The Bertz CT molecular complexity index is 639. The molecule has 0 spiro atoms. The van der Waals surface area contributed by atoms with Gasteiger partial charge in [-0.05, 0) is 31.2 Å². The molecule has 0 saturated carbocycles. The van der Waals surface area contributed by atoms with Crippen molar-refractivity contribution < 1.29 is 22.7 Å². The quantitative estimate of drug-likeness (QED) is 0.681. The van der Waals surface area contributed by atoms with Crippen LogP contribution in [-0.4, -0.2) is 18.2 Å². The summed E-state index contributed by atoms with van der Waals surface area (Å²) in [5, 5.41) is 3.85. The van der Waals surface area contributed by atoms with Crippen molar-refractivity contribution >= 4 is 11.6 Å². The fraction of sp³-hybridized carbons (Fsp3) is 0.143. The van der Waals surface area contributed by atoms with Crippen molar-refractivity contribution in [3.05, 3.63) is 54.0 Å². The highest BCUT2D eigenvalue weighted by Crippen LogP contribution is 2.20. The normalized spacial score (nSPS) is 11.5. The average Bonchev–Trinajstić information content (AvgIpc) is 2.98. The number of halogens is 2. The molecule has 1 aromatic carbocycles. The Morgan fingerprint density at radius 3 is 2.71 bits per heavy atom. The summed E-state index contributed by atoms with van der Waals surface area (Å²) in [6.45, 7) is -1.37. The maximum Gasteiger partial charge on any atom is 0.387 e. The molecular weight excluding hydrogens is 282 g/mol. The van der Waals surface area contributed by atoms with Crippen molar-refractivity contribution in [1.82, 2.24) is 5.43 Å². The minimum absolute atomic E-state index is 0.0130. The van der Waals surface area contributed by atoms with Gasteiger partial charge in [0.1, 0.15) is 5.75 Å². The Morgan fingerprint density at radius 2 is 2.05 bits per heavy atom. The molecule has 0 aliphatic carbocycles. The molecule has 1 aromatic heterocycles. The molecule has 0 bridgehead atoms. The summed E-state index contributed by atoms with van der Waals surface area (Å²) in [5.41, 5.74) is 2.96. The number of hydrazone groups is 1. The number of nitrogens with zero attached hydrogens (tertiary/aromatic N) is 1. The number of ether oxygens (including phenoxy) is 1. The van der Waals surface area contributed by atoms with Gasteiger partial charge in [0, 0.05) is 5.56 Å². The SMILES string of the molecule is C/C(=N\NC(=O)c1ccco1)c1ccccc1OC(F)F. The number of carbonyl (C=O) groups is 1. The van der Waals surface area contributed by atoms with Crippen LogP contribution in [-0.2, 0) is 0 Å². The fourth-order valence-electron chi connectivity index (χ4n) is 1.62. The van der Waals surface area contributed by atoms with Gasteiger partial charge in [-0.3, -0.25) is 4.79 Å². The predicted octanol–water partition coefficient (Wildman–Crippen LogP) is 3.04. The molecule has 21 heavy (non-hydrogen) atoms. The van der Waals surface area contributed by atoms with Crippen molar-refractivity contribution in [2.75, 3.05) is 0 Å². The van der Waals surface area contributed by atoms with Gasteiger partial charge in [0.2, 0.25) is 0 Å². The summed E-state index contributed by atoms with van der Waals surface area (Å²) in [5.74, 6) is -0.448. The molecule has 0 aliphatic heterocycles. The number of hydrogen-bond acceptors (Lipinski definition) is 4. The Balaban J connectivity index is 2.14. The zero-order chi connectivity index (χ0) is 15.2. The minimum atomic E-state index is -2.93. The summed E-state index contributed by atoms with van der Waals surface area (Å²) in [7, 11) is 0. The number of benzene rings is 1. The molecule has 110 valence electrons. The molecule has 1 N–H and O–H groups in total. The van der Waals surface area contributed by atoms with E-state index in [1.165, 1.54) is 18.4 Å². The Hall–Kier alpha value is -2.70. The van der Waals surface area contributed by atoms with Gasteiger partial charge in [0.15, 0.2) is 5.76 Å². The van der Waals surface area contributed by atoms with Crippen LogP contribution >= 0.6 is 0 Å². The van der Waals surface area contributed by atoms with Gasteiger partial charge in [-0.25, -0.2) is 5.43 Å². The molecule has 1 amide bonds. The van der Waals surface area contributed by atoms with E-state index in [9.17, 15) is 13.6 Å². The number of amides is 1. The smallest absolute Gasteiger partial charge is 0.387 e. The van der Waals surface area contributed by atoms with Gasteiger partial charge in [0.25, 0.3) is 0 Å². The molecular formula is C14H12F2N2O3. The van der Waals surface area contributed by atoms with Crippen molar-refractivity contribution in [2.45, 2.75) is 13.5 Å². The lowest BCUT2D eigenvalue weighted by atomic mass is 10.1. The van der Waals surface area contributed by atoms with Crippen molar-refractivity contribution in [2.24, 2.45) is 5.10 Å². The number of rotatable bonds is 5. The first kappa shape index (κ1) is 14.7. The van der Waals surface area contributed by atoms with Gasteiger partial charge < -0.3 is 9.15 Å². The first-order chi connectivity index (χ1) is 10.1. The van der Waals surface area contributed by atoms with E-state index in [4.69, 9.17) is 4.42 Å². The zero-order valence-electron chi connectivity index (χ0n) is 11.0. The number of furan rings is 1. The largest absolute Gasteiger partial charge is 0.459 e. The van der Waals surface area contributed by atoms with Gasteiger partial charge >= 0.3 is 12.5 Å². The van der Waals surface area contributed by atoms with Crippen LogP contribution in [0, 0.1) is 0 Å². The third kappa shape index (κ3) is 3.88. The molecule has 1 heterocycles. The molecule has 2 aromatic rings. The van der Waals surface area contributed by atoms with Crippen molar-refractivity contribution in [3.63, 3.8) is 0 Å². The molecule has 7 heteroatoms. The third-order valence-electron chi connectivity index (χ3n) is 2.56. The van der Waals surface area contributed by atoms with Crippen LogP contribution in [0.15, 0.2) is 52.2 Å². The molecule has 0 saturated heterocycles. The number of alkyl halides is 2. The van der Waals surface area contributed by atoms with Crippen molar-refractivity contribution in [3.8, 4) is 5.75 Å². The summed E-state index contributed by atoms with van der Waals surface area (Å²) in [6, 6.07) is 9.23. The topological polar surface area (TPSA) is 63.8 Å². The summed E-state index contributed by atoms with van der Waals surface area (Å²) in [6.07, 6.45) is 1.36. The first-order valence-corrected chi connectivity index (χ1v) is 6.00. The second-order valence-corrected chi connectivity index (χ2v) is 3.99. The lowest BCUT2D eigenvalue weighted by Gasteiger charge is -2.10. The fourth-order valence-corrected chi connectivity index (χ4v) is 1.62. The van der Waals surface area contributed by atoms with E-state index in [2.05, 4.69) is 15.3 Å². The monoisotopic (exact) mass is 294 g/mol. The van der Waals surface area contributed by atoms with Crippen LogP contribution in [0.25, 0.3) is 0 Å².